The number of aliphatic hydroxyl groups is 1. The van der Waals surface area contributed by atoms with Crippen molar-refractivity contribution in [3.05, 3.63) is 69.2 Å². The third-order valence-corrected chi connectivity index (χ3v) is 4.47. The fourth-order valence-corrected chi connectivity index (χ4v) is 3.31. The van der Waals surface area contributed by atoms with Crippen molar-refractivity contribution in [2.75, 3.05) is 0 Å². The van der Waals surface area contributed by atoms with Crippen molar-refractivity contribution in [3.63, 3.8) is 0 Å². The van der Waals surface area contributed by atoms with Gasteiger partial charge in [-0.15, -0.1) is 0 Å². The lowest BCUT2D eigenvalue weighted by Gasteiger charge is -2.29. The van der Waals surface area contributed by atoms with Gasteiger partial charge in [-0.3, -0.25) is 0 Å². The zero-order chi connectivity index (χ0) is 14.1. The maximum atomic E-state index is 10.7. The van der Waals surface area contributed by atoms with Crippen LogP contribution < -0.4 is 0 Å². The quantitative estimate of drug-likeness (QED) is 0.811. The minimum absolute atomic E-state index is 0.549. The van der Waals surface area contributed by atoms with E-state index in [2.05, 4.69) is 6.07 Å². The zero-order valence-corrected chi connectivity index (χ0v) is 12.5. The molecule has 1 aliphatic carbocycles. The van der Waals surface area contributed by atoms with Crippen molar-refractivity contribution < 1.29 is 5.11 Å². The highest BCUT2D eigenvalue weighted by Gasteiger charge is 2.25. The van der Waals surface area contributed by atoms with Gasteiger partial charge in [0.2, 0.25) is 0 Å². The average molecular weight is 307 g/mol. The van der Waals surface area contributed by atoms with Crippen molar-refractivity contribution in [2.45, 2.75) is 31.3 Å². The molecule has 0 radical (unpaired) electrons. The van der Waals surface area contributed by atoms with E-state index in [1.54, 1.807) is 18.2 Å². The molecule has 0 saturated heterocycles. The molecule has 2 aromatic carbocycles. The Labute approximate surface area is 129 Å². The van der Waals surface area contributed by atoms with E-state index in [4.69, 9.17) is 23.2 Å². The topological polar surface area (TPSA) is 20.2 Å². The van der Waals surface area contributed by atoms with Crippen LogP contribution in [0.4, 0.5) is 0 Å². The highest BCUT2D eigenvalue weighted by molar-refractivity contribution is 6.34. The first kappa shape index (κ1) is 13.9. The van der Waals surface area contributed by atoms with Gasteiger partial charge in [-0.2, -0.15) is 0 Å². The molecule has 1 unspecified atom stereocenters. The maximum absolute atomic E-state index is 10.7. The lowest BCUT2D eigenvalue weighted by molar-refractivity contribution is 0.217. The largest absolute Gasteiger partial charge is 0.384 e. The summed E-state index contributed by atoms with van der Waals surface area (Å²) >= 11 is 12.1. The Morgan fingerprint density at radius 2 is 1.65 bits per heavy atom. The molecule has 0 aliphatic heterocycles. The van der Waals surface area contributed by atoms with E-state index in [9.17, 15) is 5.11 Å². The predicted octanol–water partition coefficient (Wildman–Crippen LogP) is 5.34. The van der Waals surface area contributed by atoms with Crippen LogP contribution in [-0.2, 0) is 0 Å². The summed E-state index contributed by atoms with van der Waals surface area (Å²) in [5.41, 5.74) is 2.96. The molecule has 1 nitrogen and oxygen atoms in total. The van der Waals surface area contributed by atoms with Crippen molar-refractivity contribution >= 4 is 23.2 Å². The fourth-order valence-electron chi connectivity index (χ4n) is 2.76. The monoisotopic (exact) mass is 306 g/mol. The molecule has 0 heterocycles. The molecule has 0 amide bonds. The number of rotatable bonds is 3. The molecule has 0 bridgehead atoms. The van der Waals surface area contributed by atoms with Crippen molar-refractivity contribution in [3.8, 4) is 0 Å². The van der Waals surface area contributed by atoms with Gasteiger partial charge in [0.15, 0.2) is 0 Å². The Morgan fingerprint density at radius 1 is 1.00 bits per heavy atom. The molecule has 1 saturated carbocycles. The summed E-state index contributed by atoms with van der Waals surface area (Å²) in [6, 6.07) is 13.3. The number of halogens is 2. The Hall–Kier alpha value is -1.02. The van der Waals surface area contributed by atoms with E-state index < -0.39 is 6.10 Å². The van der Waals surface area contributed by atoms with Gasteiger partial charge >= 0.3 is 0 Å². The number of hydrogen-bond acceptors (Lipinski definition) is 1. The van der Waals surface area contributed by atoms with Crippen molar-refractivity contribution in [1.29, 1.82) is 0 Å². The second-order valence-corrected chi connectivity index (χ2v) is 6.23. The normalized spacial score (nSPS) is 16.8. The summed E-state index contributed by atoms with van der Waals surface area (Å²) in [5, 5.41) is 11.8. The van der Waals surface area contributed by atoms with Crippen molar-refractivity contribution in [2.24, 2.45) is 0 Å². The van der Waals surface area contributed by atoms with Crippen LogP contribution in [-0.4, -0.2) is 5.11 Å². The van der Waals surface area contributed by atoms with Crippen LogP contribution in [0.2, 0.25) is 10.0 Å². The molecule has 104 valence electrons. The predicted molar refractivity (Wildman–Crippen MR) is 83.6 cm³/mol. The molecule has 3 rings (SSSR count). The molecular weight excluding hydrogens is 291 g/mol. The SMILES string of the molecule is OC(c1cc(Cl)cc(Cl)c1)c1ccccc1C1CCC1. The summed E-state index contributed by atoms with van der Waals surface area (Å²) in [6.45, 7) is 0. The van der Waals surface area contributed by atoms with Crippen LogP contribution in [0.1, 0.15) is 48.0 Å². The standard InChI is InChI=1S/C17H16Cl2O/c18-13-8-12(9-14(19)10-13)17(20)16-7-2-1-6-15(16)11-4-3-5-11/h1-2,6-11,17,20H,3-5H2. The Kier molecular flexibility index (Phi) is 4.02. The van der Waals surface area contributed by atoms with E-state index in [1.807, 2.05) is 18.2 Å². The first-order valence-corrected chi connectivity index (χ1v) is 7.63. The number of aliphatic hydroxyl groups excluding tert-OH is 1. The average Bonchev–Trinajstić information content (AvgIpc) is 2.35. The second-order valence-electron chi connectivity index (χ2n) is 5.36. The van der Waals surface area contributed by atoms with Crippen molar-refractivity contribution in [1.82, 2.24) is 0 Å². The van der Waals surface area contributed by atoms with E-state index in [1.165, 1.54) is 24.8 Å². The van der Waals surface area contributed by atoms with Gasteiger partial charge in [-0.05, 0) is 53.6 Å². The van der Waals surface area contributed by atoms with E-state index >= 15 is 0 Å². The minimum atomic E-state index is -0.678. The van der Waals surface area contributed by atoms with Gasteiger partial charge in [-0.1, -0.05) is 53.9 Å². The van der Waals surface area contributed by atoms with Gasteiger partial charge in [0.25, 0.3) is 0 Å². The van der Waals surface area contributed by atoms with E-state index in [0.717, 1.165) is 11.1 Å². The van der Waals surface area contributed by atoms with Gasteiger partial charge in [0.05, 0.1) is 0 Å². The fraction of sp³-hybridized carbons (Fsp3) is 0.294. The smallest absolute Gasteiger partial charge is 0.104 e. The van der Waals surface area contributed by atoms with Gasteiger partial charge in [0.1, 0.15) is 6.10 Å². The van der Waals surface area contributed by atoms with Gasteiger partial charge in [0, 0.05) is 10.0 Å². The van der Waals surface area contributed by atoms with Crippen LogP contribution in [0.3, 0.4) is 0 Å². The summed E-state index contributed by atoms with van der Waals surface area (Å²) in [7, 11) is 0. The molecule has 1 aliphatic rings. The Bertz CT molecular complexity index is 600. The molecular formula is C17H16Cl2O. The third-order valence-electron chi connectivity index (χ3n) is 4.04. The first-order chi connectivity index (χ1) is 9.65. The van der Waals surface area contributed by atoms with Crippen LogP contribution in [0.15, 0.2) is 42.5 Å². The Morgan fingerprint density at radius 3 is 2.25 bits per heavy atom. The summed E-state index contributed by atoms with van der Waals surface area (Å²) in [5.74, 6) is 0.579. The van der Waals surface area contributed by atoms with Crippen LogP contribution >= 0.6 is 23.2 Å². The lowest BCUT2D eigenvalue weighted by atomic mass is 9.77. The van der Waals surface area contributed by atoms with E-state index in [0.29, 0.717) is 16.0 Å². The third kappa shape index (κ3) is 2.71. The highest BCUT2D eigenvalue weighted by atomic mass is 35.5. The first-order valence-electron chi connectivity index (χ1n) is 6.88. The molecule has 20 heavy (non-hydrogen) atoms. The molecule has 0 aromatic heterocycles. The number of benzene rings is 2. The zero-order valence-electron chi connectivity index (χ0n) is 11.0. The van der Waals surface area contributed by atoms with E-state index in [-0.39, 0.29) is 0 Å². The van der Waals surface area contributed by atoms with Gasteiger partial charge < -0.3 is 5.11 Å². The molecule has 1 fully saturated rings. The minimum Gasteiger partial charge on any atom is -0.384 e. The summed E-state index contributed by atoms with van der Waals surface area (Å²) < 4.78 is 0. The van der Waals surface area contributed by atoms with Crippen LogP contribution in [0.25, 0.3) is 0 Å². The van der Waals surface area contributed by atoms with Crippen LogP contribution in [0, 0.1) is 0 Å². The Balaban J connectivity index is 1.99. The molecule has 2 aromatic rings. The molecule has 1 N–H and O–H groups in total. The highest BCUT2D eigenvalue weighted by Crippen LogP contribution is 2.40. The second kappa shape index (κ2) is 5.77. The summed E-state index contributed by atoms with van der Waals surface area (Å²) in [4.78, 5) is 0. The molecule has 3 heteroatoms. The van der Waals surface area contributed by atoms with Crippen LogP contribution in [0.5, 0.6) is 0 Å². The lowest BCUT2D eigenvalue weighted by Crippen LogP contribution is -2.13. The number of hydrogen-bond donors (Lipinski definition) is 1. The summed E-state index contributed by atoms with van der Waals surface area (Å²) in [6.07, 6.45) is 3.01. The molecule has 0 spiro atoms. The van der Waals surface area contributed by atoms with Gasteiger partial charge in [-0.25, -0.2) is 0 Å². The maximum Gasteiger partial charge on any atom is 0.104 e. The molecule has 1 atom stereocenters.